The van der Waals surface area contributed by atoms with Crippen molar-refractivity contribution in [3.8, 4) is 0 Å². The lowest BCUT2D eigenvalue weighted by Gasteiger charge is -2.19. The van der Waals surface area contributed by atoms with Gasteiger partial charge >= 0.3 is 5.97 Å². The molecule has 0 aliphatic carbocycles. The molecule has 0 radical (unpaired) electrons. The third-order valence-electron chi connectivity index (χ3n) is 3.44. The van der Waals surface area contributed by atoms with Gasteiger partial charge in [-0.25, -0.2) is 4.79 Å². The molecule has 0 unspecified atom stereocenters. The Morgan fingerprint density at radius 2 is 1.50 bits per heavy atom. The van der Waals surface area contributed by atoms with Gasteiger partial charge in [0.15, 0.2) is 0 Å². The second kappa shape index (κ2) is 5.65. The van der Waals surface area contributed by atoms with Gasteiger partial charge in [-0.15, -0.1) is 4.91 Å². The molecule has 3 aromatic rings. The fourth-order valence-corrected chi connectivity index (χ4v) is 2.45. The summed E-state index contributed by atoms with van der Waals surface area (Å²) >= 11 is 0. The van der Waals surface area contributed by atoms with Crippen molar-refractivity contribution in [2.75, 3.05) is 5.01 Å². The van der Waals surface area contributed by atoms with Crippen LogP contribution >= 0.6 is 0 Å². The molecule has 3 rings (SSSR count). The van der Waals surface area contributed by atoms with Crippen LogP contribution in [-0.2, 0) is 0 Å². The van der Waals surface area contributed by atoms with Crippen molar-refractivity contribution in [3.05, 3.63) is 77.2 Å². The Morgan fingerprint density at radius 1 is 0.864 bits per heavy atom. The minimum absolute atomic E-state index is 0.0232. The van der Waals surface area contributed by atoms with Crippen LogP contribution in [0.3, 0.4) is 0 Å². The third kappa shape index (κ3) is 2.29. The SMILES string of the molecule is O=NN(c1ccccc1C(=O)O)c1cccc2ccccc12. The van der Waals surface area contributed by atoms with E-state index in [2.05, 4.69) is 5.29 Å². The maximum absolute atomic E-state index is 11.4. The number of hydrogen-bond donors (Lipinski definition) is 1. The van der Waals surface area contributed by atoms with E-state index >= 15 is 0 Å². The molecular weight excluding hydrogens is 280 g/mol. The Kier molecular flexibility index (Phi) is 3.53. The van der Waals surface area contributed by atoms with Gasteiger partial charge in [0.2, 0.25) is 0 Å². The van der Waals surface area contributed by atoms with Crippen LogP contribution in [0.4, 0.5) is 11.4 Å². The molecule has 0 amide bonds. The lowest BCUT2D eigenvalue weighted by atomic mass is 10.1. The largest absolute Gasteiger partial charge is 0.478 e. The van der Waals surface area contributed by atoms with Crippen LogP contribution in [0.5, 0.6) is 0 Å². The monoisotopic (exact) mass is 292 g/mol. The topological polar surface area (TPSA) is 70.0 Å². The molecule has 0 atom stereocenters. The maximum atomic E-state index is 11.4. The first kappa shape index (κ1) is 13.8. The molecule has 3 aromatic carbocycles. The number of rotatable bonds is 4. The predicted molar refractivity (Wildman–Crippen MR) is 85.3 cm³/mol. The van der Waals surface area contributed by atoms with Crippen molar-refractivity contribution in [2.24, 2.45) is 5.29 Å². The summed E-state index contributed by atoms with van der Waals surface area (Å²) in [5.41, 5.74) is 0.804. The number of nitroso groups, excluding NO2 is 1. The van der Waals surface area contributed by atoms with Crippen LogP contribution in [0.25, 0.3) is 10.8 Å². The van der Waals surface area contributed by atoms with Crippen molar-refractivity contribution in [1.29, 1.82) is 0 Å². The van der Waals surface area contributed by atoms with E-state index in [4.69, 9.17) is 0 Å². The van der Waals surface area contributed by atoms with Gasteiger partial charge in [0.1, 0.15) is 0 Å². The number of carboxylic acid groups (broad SMARTS) is 1. The maximum Gasteiger partial charge on any atom is 0.337 e. The molecule has 0 aliphatic heterocycles. The van der Waals surface area contributed by atoms with E-state index < -0.39 is 5.97 Å². The number of aromatic carboxylic acids is 1. The fraction of sp³-hybridized carbons (Fsp3) is 0. The van der Waals surface area contributed by atoms with Gasteiger partial charge in [0, 0.05) is 5.39 Å². The lowest BCUT2D eigenvalue weighted by Crippen LogP contribution is -2.12. The summed E-state index contributed by atoms with van der Waals surface area (Å²) in [5.74, 6) is -1.11. The molecule has 0 bridgehead atoms. The summed E-state index contributed by atoms with van der Waals surface area (Å²) in [4.78, 5) is 22.8. The number of fused-ring (bicyclic) bond motifs is 1. The minimum Gasteiger partial charge on any atom is -0.478 e. The van der Waals surface area contributed by atoms with Crippen LogP contribution in [0.1, 0.15) is 10.4 Å². The van der Waals surface area contributed by atoms with Gasteiger partial charge in [-0.05, 0) is 23.6 Å². The molecule has 0 aromatic heterocycles. The molecular formula is C17H12N2O3. The number of benzene rings is 3. The quantitative estimate of drug-likeness (QED) is 0.573. The first-order chi connectivity index (χ1) is 10.7. The molecule has 108 valence electrons. The number of carboxylic acids is 1. The van der Waals surface area contributed by atoms with Gasteiger partial charge < -0.3 is 5.11 Å². The van der Waals surface area contributed by atoms with E-state index in [9.17, 15) is 14.8 Å². The highest BCUT2D eigenvalue weighted by Crippen LogP contribution is 2.34. The summed E-state index contributed by atoms with van der Waals surface area (Å²) in [6.07, 6.45) is 0. The van der Waals surface area contributed by atoms with Gasteiger partial charge in [-0.2, -0.15) is 5.01 Å². The van der Waals surface area contributed by atoms with Crippen molar-refractivity contribution < 1.29 is 9.90 Å². The molecule has 0 aliphatic rings. The van der Waals surface area contributed by atoms with Crippen molar-refractivity contribution in [3.63, 3.8) is 0 Å². The summed E-state index contributed by atoms with van der Waals surface area (Å²) < 4.78 is 0. The zero-order valence-corrected chi connectivity index (χ0v) is 11.5. The number of carbonyl (C=O) groups is 1. The molecule has 0 fully saturated rings. The summed E-state index contributed by atoms with van der Waals surface area (Å²) in [6, 6.07) is 19.3. The Labute approximate surface area is 126 Å². The van der Waals surface area contributed by atoms with Gasteiger partial charge in [0.25, 0.3) is 0 Å². The van der Waals surface area contributed by atoms with E-state index in [0.29, 0.717) is 5.69 Å². The molecule has 0 saturated carbocycles. The van der Waals surface area contributed by atoms with Crippen molar-refractivity contribution >= 4 is 28.1 Å². The number of hydrogen-bond acceptors (Lipinski definition) is 3. The van der Waals surface area contributed by atoms with Crippen LogP contribution in [0.15, 0.2) is 72.0 Å². The van der Waals surface area contributed by atoms with E-state index in [1.807, 2.05) is 30.3 Å². The smallest absolute Gasteiger partial charge is 0.337 e. The molecule has 0 saturated heterocycles. The molecule has 0 heterocycles. The van der Waals surface area contributed by atoms with Crippen LogP contribution in [0, 0.1) is 4.91 Å². The number of nitrogens with zero attached hydrogens (tertiary/aromatic N) is 2. The second-order valence-corrected chi connectivity index (χ2v) is 4.71. The van der Waals surface area contributed by atoms with Gasteiger partial charge in [-0.3, -0.25) is 0 Å². The summed E-state index contributed by atoms with van der Waals surface area (Å²) in [6.45, 7) is 0. The minimum atomic E-state index is -1.11. The van der Waals surface area contributed by atoms with Crippen LogP contribution in [-0.4, -0.2) is 11.1 Å². The normalized spacial score (nSPS) is 10.4. The summed E-state index contributed by atoms with van der Waals surface area (Å²) in [7, 11) is 0. The highest BCUT2D eigenvalue weighted by Gasteiger charge is 2.19. The molecule has 1 N–H and O–H groups in total. The molecule has 5 heteroatoms. The first-order valence-corrected chi connectivity index (χ1v) is 6.66. The van der Waals surface area contributed by atoms with Crippen molar-refractivity contribution in [2.45, 2.75) is 0 Å². The third-order valence-corrected chi connectivity index (χ3v) is 3.44. The molecule has 0 spiro atoms. The standard InChI is InChI=1S/C17H12N2O3/c20-17(21)14-9-3-4-10-16(14)19(18-22)15-11-5-7-12-6-1-2-8-13(12)15/h1-11H,(H,20,21). The van der Waals surface area contributed by atoms with Gasteiger partial charge in [-0.1, -0.05) is 48.5 Å². The predicted octanol–water partition coefficient (Wildman–Crippen LogP) is 4.36. The number of anilines is 2. The van der Waals surface area contributed by atoms with Crippen LogP contribution < -0.4 is 5.01 Å². The highest BCUT2D eigenvalue weighted by atomic mass is 16.4. The first-order valence-electron chi connectivity index (χ1n) is 6.66. The van der Waals surface area contributed by atoms with E-state index in [0.717, 1.165) is 15.8 Å². The van der Waals surface area contributed by atoms with E-state index in [-0.39, 0.29) is 11.3 Å². The number of para-hydroxylation sites is 1. The van der Waals surface area contributed by atoms with Gasteiger partial charge in [0.05, 0.1) is 22.2 Å². The summed E-state index contributed by atoms with van der Waals surface area (Å²) in [5, 5.41) is 15.2. The fourth-order valence-electron chi connectivity index (χ4n) is 2.45. The highest BCUT2D eigenvalue weighted by molar-refractivity contribution is 6.00. The van der Waals surface area contributed by atoms with E-state index in [1.165, 1.54) is 6.07 Å². The average molecular weight is 292 g/mol. The zero-order chi connectivity index (χ0) is 15.5. The second-order valence-electron chi connectivity index (χ2n) is 4.71. The van der Waals surface area contributed by atoms with Crippen LogP contribution in [0.2, 0.25) is 0 Å². The average Bonchev–Trinajstić information content (AvgIpc) is 2.56. The Hall–Kier alpha value is -3.21. The van der Waals surface area contributed by atoms with E-state index in [1.54, 1.807) is 30.3 Å². The Morgan fingerprint density at radius 3 is 2.27 bits per heavy atom. The molecule has 22 heavy (non-hydrogen) atoms. The Bertz CT molecular complexity index is 856. The van der Waals surface area contributed by atoms with Crippen molar-refractivity contribution in [1.82, 2.24) is 0 Å². The lowest BCUT2D eigenvalue weighted by molar-refractivity contribution is 0.0697. The zero-order valence-electron chi connectivity index (χ0n) is 11.5. The Balaban J connectivity index is 2.24. The molecule has 5 nitrogen and oxygen atoms in total.